The number of carbonyl (C=O) groups excluding carboxylic acids is 1. The number of aromatic carboxylic acids is 1. The van der Waals surface area contributed by atoms with Crippen LogP contribution in [0.4, 0.5) is 24.5 Å². The molecule has 1 fully saturated rings. The number of hydrogen-bond donors (Lipinski definition) is 4. The summed E-state index contributed by atoms with van der Waals surface area (Å²) in [6.07, 6.45) is -4.20. The summed E-state index contributed by atoms with van der Waals surface area (Å²) in [5.41, 5.74) is 0.804. The minimum Gasteiger partial charge on any atom is -0.478 e. The highest BCUT2D eigenvalue weighted by atomic mass is 32.2. The van der Waals surface area contributed by atoms with Crippen LogP contribution in [0.25, 0.3) is 0 Å². The van der Waals surface area contributed by atoms with Crippen molar-refractivity contribution in [2.24, 2.45) is 0 Å². The van der Waals surface area contributed by atoms with E-state index in [2.05, 4.69) is 10.0 Å². The van der Waals surface area contributed by atoms with E-state index in [0.717, 1.165) is 6.42 Å². The zero-order chi connectivity index (χ0) is 29.2. The molecule has 39 heavy (non-hydrogen) atoms. The number of rotatable bonds is 9. The van der Waals surface area contributed by atoms with Crippen molar-refractivity contribution in [3.8, 4) is 0 Å². The van der Waals surface area contributed by atoms with Crippen LogP contribution >= 0.6 is 0 Å². The van der Waals surface area contributed by atoms with Gasteiger partial charge in [0.2, 0.25) is 5.91 Å². The molecule has 3 rings (SSSR count). The Bertz CT molecular complexity index is 1250. The largest absolute Gasteiger partial charge is 0.490 e. The fraction of sp³-hybridized carbons (Fsp3) is 0.375. The molecule has 0 unspecified atom stereocenters. The summed E-state index contributed by atoms with van der Waals surface area (Å²) in [5, 5.41) is 19.4. The lowest BCUT2D eigenvalue weighted by Crippen LogP contribution is -2.49. The molecule has 2 aromatic rings. The number of aliphatic carboxylic acids is 1. The topological polar surface area (TPSA) is 156 Å². The molecule has 0 saturated carbocycles. The summed E-state index contributed by atoms with van der Waals surface area (Å²) in [4.78, 5) is 36.5. The summed E-state index contributed by atoms with van der Waals surface area (Å²) < 4.78 is 60.0. The van der Waals surface area contributed by atoms with Crippen molar-refractivity contribution >= 4 is 39.2 Å². The first-order chi connectivity index (χ1) is 18.2. The van der Waals surface area contributed by atoms with Crippen molar-refractivity contribution in [3.63, 3.8) is 0 Å². The van der Waals surface area contributed by atoms with E-state index in [9.17, 15) is 36.3 Å². The third kappa shape index (κ3) is 9.76. The molecule has 0 atom stereocenters. The molecule has 1 saturated heterocycles. The average Bonchev–Trinajstić information content (AvgIpc) is 2.88. The molecule has 0 spiro atoms. The van der Waals surface area contributed by atoms with E-state index in [0.29, 0.717) is 45.0 Å². The summed E-state index contributed by atoms with van der Waals surface area (Å²) in [6, 6.07) is 12.3. The Hall–Kier alpha value is -3.85. The van der Waals surface area contributed by atoms with Gasteiger partial charge in [-0.3, -0.25) is 14.4 Å². The number of carboxylic acid groups (broad SMARTS) is 2. The van der Waals surface area contributed by atoms with E-state index in [1.54, 1.807) is 24.3 Å². The summed E-state index contributed by atoms with van der Waals surface area (Å²) in [7, 11) is -3.89. The lowest BCUT2D eigenvalue weighted by molar-refractivity contribution is -0.192. The van der Waals surface area contributed by atoms with Gasteiger partial charge in [0.05, 0.1) is 28.4 Å². The van der Waals surface area contributed by atoms with Crippen LogP contribution in [0.1, 0.15) is 23.7 Å². The van der Waals surface area contributed by atoms with Crippen LogP contribution in [0.3, 0.4) is 0 Å². The van der Waals surface area contributed by atoms with Gasteiger partial charge >= 0.3 is 18.1 Å². The quantitative estimate of drug-likeness (QED) is 0.353. The smallest absolute Gasteiger partial charge is 0.478 e. The lowest BCUT2D eigenvalue weighted by Gasteiger charge is -2.36. The zero-order valence-corrected chi connectivity index (χ0v) is 21.8. The van der Waals surface area contributed by atoms with E-state index in [1.807, 2.05) is 16.7 Å². The van der Waals surface area contributed by atoms with E-state index in [4.69, 9.17) is 9.90 Å². The molecule has 0 radical (unpaired) electrons. The number of piperazine rings is 1. The number of nitrogens with one attached hydrogen (secondary N) is 2. The first-order valence-electron chi connectivity index (χ1n) is 11.7. The maximum Gasteiger partial charge on any atom is 0.490 e. The molecule has 0 bridgehead atoms. The number of hydrogen-bond acceptors (Lipinski definition) is 7. The fourth-order valence-electron chi connectivity index (χ4n) is 3.50. The first kappa shape index (κ1) is 31.4. The second-order valence-corrected chi connectivity index (χ2v) is 10.1. The summed E-state index contributed by atoms with van der Waals surface area (Å²) in [5.74, 6) is -3.91. The molecule has 1 aliphatic rings. The Labute approximate surface area is 223 Å². The van der Waals surface area contributed by atoms with Crippen LogP contribution in [0.15, 0.2) is 53.4 Å². The number of carbonyl (C=O) groups is 3. The van der Waals surface area contributed by atoms with Gasteiger partial charge in [-0.05, 0) is 36.8 Å². The molecular formula is C24H29F3N4O7S. The fourth-order valence-corrected chi connectivity index (χ4v) is 4.59. The number of amides is 1. The van der Waals surface area contributed by atoms with E-state index in [1.165, 1.54) is 24.3 Å². The second-order valence-electron chi connectivity index (χ2n) is 8.37. The zero-order valence-electron chi connectivity index (χ0n) is 20.9. The van der Waals surface area contributed by atoms with Gasteiger partial charge in [0.1, 0.15) is 0 Å². The minimum absolute atomic E-state index is 0.00857. The predicted octanol–water partition coefficient (Wildman–Crippen LogP) is 2.47. The Morgan fingerprint density at radius 2 is 1.56 bits per heavy atom. The molecule has 2 aromatic carbocycles. The number of anilines is 2. The maximum absolute atomic E-state index is 12.8. The van der Waals surface area contributed by atoms with Gasteiger partial charge in [-0.1, -0.05) is 25.1 Å². The molecule has 1 aliphatic heterocycles. The highest BCUT2D eigenvalue weighted by molar-refractivity contribution is 7.92. The molecule has 1 amide bonds. The van der Waals surface area contributed by atoms with Gasteiger partial charge in [0.25, 0.3) is 10.0 Å². The molecule has 0 aromatic heterocycles. The van der Waals surface area contributed by atoms with Gasteiger partial charge in [-0.15, -0.1) is 0 Å². The Balaban J connectivity index is 0.000000673. The highest BCUT2D eigenvalue weighted by Crippen LogP contribution is 2.30. The number of halogens is 3. The molecule has 4 N–H and O–H groups in total. The number of alkyl halides is 3. The van der Waals surface area contributed by atoms with Gasteiger partial charge in [-0.25, -0.2) is 18.0 Å². The molecular weight excluding hydrogens is 545 g/mol. The predicted molar refractivity (Wildman–Crippen MR) is 136 cm³/mol. The second kappa shape index (κ2) is 13.8. The van der Waals surface area contributed by atoms with Crippen molar-refractivity contribution in [2.75, 3.05) is 48.9 Å². The van der Waals surface area contributed by atoms with Gasteiger partial charge in [0.15, 0.2) is 0 Å². The van der Waals surface area contributed by atoms with Crippen LogP contribution < -0.4 is 14.9 Å². The van der Waals surface area contributed by atoms with Crippen LogP contribution in [0, 0.1) is 0 Å². The molecule has 0 aliphatic carbocycles. The third-order valence-electron chi connectivity index (χ3n) is 5.44. The number of sulfonamides is 1. The third-order valence-corrected chi connectivity index (χ3v) is 6.82. The molecule has 11 nitrogen and oxygen atoms in total. The van der Waals surface area contributed by atoms with Crippen LogP contribution in [-0.4, -0.2) is 86.8 Å². The van der Waals surface area contributed by atoms with E-state index >= 15 is 0 Å². The highest BCUT2D eigenvalue weighted by Gasteiger charge is 2.38. The van der Waals surface area contributed by atoms with Gasteiger partial charge in [-0.2, -0.15) is 13.2 Å². The summed E-state index contributed by atoms with van der Waals surface area (Å²) in [6.45, 7) is 5.38. The summed E-state index contributed by atoms with van der Waals surface area (Å²) >= 11 is 0. The van der Waals surface area contributed by atoms with Crippen molar-refractivity contribution < 1.29 is 46.2 Å². The van der Waals surface area contributed by atoms with Crippen LogP contribution in [-0.2, 0) is 19.6 Å². The van der Waals surface area contributed by atoms with E-state index in [-0.39, 0.29) is 22.1 Å². The van der Waals surface area contributed by atoms with Gasteiger partial charge < -0.3 is 20.4 Å². The minimum atomic E-state index is -5.08. The van der Waals surface area contributed by atoms with Gasteiger partial charge in [0, 0.05) is 32.7 Å². The Kier molecular flexibility index (Phi) is 11.1. The average molecular weight is 575 g/mol. The normalized spacial score (nSPS) is 14.1. The molecule has 1 heterocycles. The van der Waals surface area contributed by atoms with Crippen molar-refractivity contribution in [1.29, 1.82) is 0 Å². The lowest BCUT2D eigenvalue weighted by atomic mass is 10.1. The Morgan fingerprint density at radius 1 is 0.974 bits per heavy atom. The maximum atomic E-state index is 12.8. The number of benzene rings is 2. The van der Waals surface area contributed by atoms with Crippen molar-refractivity contribution in [2.45, 2.75) is 24.4 Å². The standard InChI is InChI=1S/C22H28N4O5S.C2HF3O2/c1-2-10-23-21(27)16-25-11-13-26(14-12-25)20-9-8-17(22(28)29)15-19(20)24-32(30,31)18-6-4-3-5-7-18;3-2(4,5)1(6)7/h3-9,15,24H,2,10-14,16H2,1H3,(H,23,27)(H,28,29);(H,6,7). The van der Waals surface area contributed by atoms with Crippen molar-refractivity contribution in [3.05, 3.63) is 54.1 Å². The van der Waals surface area contributed by atoms with E-state index < -0.39 is 28.1 Å². The van der Waals surface area contributed by atoms with Crippen LogP contribution in [0.5, 0.6) is 0 Å². The van der Waals surface area contributed by atoms with Crippen LogP contribution in [0.2, 0.25) is 0 Å². The number of carboxylic acids is 2. The SMILES string of the molecule is CCCNC(=O)CN1CCN(c2ccc(C(=O)O)cc2NS(=O)(=O)c2ccccc2)CC1.O=C(O)C(F)(F)F. The van der Waals surface area contributed by atoms with Crippen molar-refractivity contribution in [1.82, 2.24) is 10.2 Å². The molecule has 15 heteroatoms. The first-order valence-corrected chi connectivity index (χ1v) is 13.2. The number of nitrogens with zero attached hydrogens (tertiary/aromatic N) is 2. The monoisotopic (exact) mass is 574 g/mol. The molecule has 214 valence electrons. The Morgan fingerprint density at radius 3 is 2.08 bits per heavy atom.